The number of carbonyl (C=O) groups is 1. The molecule has 1 aliphatic rings. The van der Waals surface area contributed by atoms with Gasteiger partial charge in [-0.15, -0.1) is 0 Å². The van der Waals surface area contributed by atoms with Crippen LogP contribution in [0.4, 0.5) is 11.4 Å². The largest absolute Gasteiger partial charge is 0.496 e. The molecule has 1 fully saturated rings. The van der Waals surface area contributed by atoms with E-state index >= 15 is 0 Å². The third-order valence-electron chi connectivity index (χ3n) is 4.53. The van der Waals surface area contributed by atoms with Crippen molar-refractivity contribution in [3.8, 4) is 11.5 Å². The lowest BCUT2D eigenvalue weighted by Gasteiger charge is -2.20. The summed E-state index contributed by atoms with van der Waals surface area (Å²) in [5.74, 6) is 0.377. The van der Waals surface area contributed by atoms with E-state index in [0.29, 0.717) is 22.2 Å². The Morgan fingerprint density at radius 1 is 1.11 bits per heavy atom. The summed E-state index contributed by atoms with van der Waals surface area (Å²) in [6.45, 7) is 2.03. The van der Waals surface area contributed by atoms with Crippen LogP contribution in [-0.2, 0) is 0 Å². The fourth-order valence-electron chi connectivity index (χ4n) is 3.20. The minimum absolute atomic E-state index is 0.156. The van der Waals surface area contributed by atoms with Gasteiger partial charge >= 0.3 is 0 Å². The molecule has 148 valence electrons. The van der Waals surface area contributed by atoms with Gasteiger partial charge < -0.3 is 19.7 Å². The first-order valence-corrected chi connectivity index (χ1v) is 9.70. The monoisotopic (exact) mass is 419 g/mol. The Hall–Kier alpha value is -2.51. The molecule has 1 heterocycles. The van der Waals surface area contributed by atoms with E-state index in [1.54, 1.807) is 24.3 Å². The molecule has 0 aromatic heterocycles. The third-order valence-corrected chi connectivity index (χ3v) is 5.04. The molecule has 8 heteroatoms. The van der Waals surface area contributed by atoms with Gasteiger partial charge in [-0.1, -0.05) is 17.7 Å². The number of thiocarbonyl (C=S) groups is 1. The summed E-state index contributed by atoms with van der Waals surface area (Å²) in [5.41, 5.74) is 1.99. The van der Waals surface area contributed by atoms with Crippen LogP contribution in [0.15, 0.2) is 36.4 Å². The molecule has 28 heavy (non-hydrogen) atoms. The van der Waals surface area contributed by atoms with Crippen molar-refractivity contribution in [2.75, 3.05) is 37.5 Å². The zero-order chi connectivity index (χ0) is 20.1. The Bertz CT molecular complexity index is 863. The first-order chi connectivity index (χ1) is 13.5. The van der Waals surface area contributed by atoms with Gasteiger partial charge in [-0.2, -0.15) is 0 Å². The molecule has 0 aliphatic carbocycles. The second-order valence-corrected chi connectivity index (χ2v) is 7.12. The van der Waals surface area contributed by atoms with Crippen molar-refractivity contribution in [2.45, 2.75) is 12.8 Å². The fraction of sp³-hybridized carbons (Fsp3) is 0.300. The molecule has 2 aromatic carbocycles. The van der Waals surface area contributed by atoms with Gasteiger partial charge in [0.25, 0.3) is 5.91 Å². The molecule has 1 amide bonds. The molecule has 3 rings (SSSR count). The minimum Gasteiger partial charge on any atom is -0.496 e. The lowest BCUT2D eigenvalue weighted by Crippen LogP contribution is -2.34. The van der Waals surface area contributed by atoms with E-state index < -0.39 is 5.91 Å². The minimum atomic E-state index is -0.424. The summed E-state index contributed by atoms with van der Waals surface area (Å²) >= 11 is 11.7. The highest BCUT2D eigenvalue weighted by atomic mass is 35.5. The quantitative estimate of drug-likeness (QED) is 0.712. The number of nitrogens with one attached hydrogen (secondary N) is 2. The van der Waals surface area contributed by atoms with Gasteiger partial charge in [-0.25, -0.2) is 0 Å². The molecule has 2 aromatic rings. The predicted octanol–water partition coefficient (Wildman–Crippen LogP) is 4.08. The van der Waals surface area contributed by atoms with E-state index in [9.17, 15) is 4.79 Å². The maximum absolute atomic E-state index is 12.7. The number of anilines is 2. The van der Waals surface area contributed by atoms with Gasteiger partial charge in [-0.05, 0) is 55.4 Å². The van der Waals surface area contributed by atoms with E-state index in [2.05, 4.69) is 15.5 Å². The second kappa shape index (κ2) is 9.12. The number of amides is 1. The van der Waals surface area contributed by atoms with Crippen molar-refractivity contribution in [3.05, 3.63) is 47.0 Å². The number of nitrogens with zero attached hydrogens (tertiary/aromatic N) is 1. The second-order valence-electron chi connectivity index (χ2n) is 6.31. The van der Waals surface area contributed by atoms with Gasteiger partial charge in [-0.3, -0.25) is 10.1 Å². The first-order valence-electron chi connectivity index (χ1n) is 8.91. The Morgan fingerprint density at radius 3 is 2.32 bits per heavy atom. The molecule has 0 radical (unpaired) electrons. The molecule has 6 nitrogen and oxygen atoms in total. The highest BCUT2D eigenvalue weighted by Gasteiger charge is 2.19. The van der Waals surface area contributed by atoms with Crippen LogP contribution in [0.25, 0.3) is 0 Å². The molecule has 1 aliphatic heterocycles. The summed E-state index contributed by atoms with van der Waals surface area (Å²) < 4.78 is 10.5. The van der Waals surface area contributed by atoms with Crippen LogP contribution in [0.2, 0.25) is 5.02 Å². The van der Waals surface area contributed by atoms with Gasteiger partial charge in [0.05, 0.1) is 24.9 Å². The average molecular weight is 420 g/mol. The number of halogens is 1. The number of benzene rings is 2. The number of ether oxygens (including phenoxy) is 2. The SMILES string of the molecule is COc1cccc(OC)c1C(=O)NC(=S)Nc1ccc(N2CCCC2)c(Cl)c1. The molecule has 2 N–H and O–H groups in total. The Morgan fingerprint density at radius 2 is 1.75 bits per heavy atom. The molecular formula is C20H22ClN3O3S. The zero-order valence-electron chi connectivity index (χ0n) is 15.8. The number of methoxy groups -OCH3 is 2. The highest BCUT2D eigenvalue weighted by molar-refractivity contribution is 7.80. The average Bonchev–Trinajstić information content (AvgIpc) is 3.21. The Labute approximate surface area is 174 Å². The van der Waals surface area contributed by atoms with Gasteiger partial charge in [0, 0.05) is 18.8 Å². The van der Waals surface area contributed by atoms with E-state index in [0.717, 1.165) is 18.8 Å². The number of hydrogen-bond acceptors (Lipinski definition) is 5. The fourth-order valence-corrected chi connectivity index (χ4v) is 3.71. The molecule has 1 saturated heterocycles. The van der Waals surface area contributed by atoms with Gasteiger partial charge in [0.2, 0.25) is 0 Å². The summed E-state index contributed by atoms with van der Waals surface area (Å²) in [6, 6.07) is 10.8. The molecular weight excluding hydrogens is 398 g/mol. The van der Waals surface area contributed by atoms with E-state index in [1.807, 2.05) is 12.1 Å². The topological polar surface area (TPSA) is 62.8 Å². The van der Waals surface area contributed by atoms with Crippen molar-refractivity contribution in [1.82, 2.24) is 5.32 Å². The highest BCUT2D eigenvalue weighted by Crippen LogP contribution is 2.31. The number of carbonyl (C=O) groups excluding carboxylic acids is 1. The first kappa shape index (κ1) is 20.2. The van der Waals surface area contributed by atoms with E-state index in [1.165, 1.54) is 27.1 Å². The van der Waals surface area contributed by atoms with Crippen LogP contribution >= 0.6 is 23.8 Å². The predicted molar refractivity (Wildman–Crippen MR) is 116 cm³/mol. The van der Waals surface area contributed by atoms with Crippen LogP contribution in [0.3, 0.4) is 0 Å². The van der Waals surface area contributed by atoms with Crippen molar-refractivity contribution in [1.29, 1.82) is 0 Å². The van der Waals surface area contributed by atoms with Crippen LogP contribution in [-0.4, -0.2) is 38.3 Å². The lowest BCUT2D eigenvalue weighted by atomic mass is 10.1. The van der Waals surface area contributed by atoms with Crippen molar-refractivity contribution in [3.63, 3.8) is 0 Å². The van der Waals surface area contributed by atoms with Gasteiger partial charge in [0.1, 0.15) is 17.1 Å². The van der Waals surface area contributed by atoms with Crippen LogP contribution in [0.5, 0.6) is 11.5 Å². The number of rotatable bonds is 5. The molecule has 0 unspecified atom stereocenters. The Balaban J connectivity index is 1.69. The summed E-state index contributed by atoms with van der Waals surface area (Å²) in [6.07, 6.45) is 2.36. The molecule has 0 atom stereocenters. The normalized spacial score (nSPS) is 13.2. The van der Waals surface area contributed by atoms with Crippen molar-refractivity contribution in [2.24, 2.45) is 0 Å². The zero-order valence-corrected chi connectivity index (χ0v) is 17.3. The maximum Gasteiger partial charge on any atom is 0.264 e. The molecule has 0 saturated carbocycles. The molecule has 0 bridgehead atoms. The van der Waals surface area contributed by atoms with E-state index in [-0.39, 0.29) is 10.7 Å². The van der Waals surface area contributed by atoms with Crippen molar-refractivity contribution < 1.29 is 14.3 Å². The third kappa shape index (κ3) is 4.48. The number of hydrogen-bond donors (Lipinski definition) is 2. The lowest BCUT2D eigenvalue weighted by molar-refractivity contribution is 0.0971. The van der Waals surface area contributed by atoms with Gasteiger partial charge in [0.15, 0.2) is 5.11 Å². The summed E-state index contributed by atoms with van der Waals surface area (Å²) in [4.78, 5) is 14.9. The van der Waals surface area contributed by atoms with Crippen molar-refractivity contribution >= 4 is 46.2 Å². The maximum atomic E-state index is 12.7. The van der Waals surface area contributed by atoms with Crippen LogP contribution in [0.1, 0.15) is 23.2 Å². The smallest absolute Gasteiger partial charge is 0.264 e. The Kier molecular flexibility index (Phi) is 6.59. The summed E-state index contributed by atoms with van der Waals surface area (Å²) in [5, 5.41) is 6.44. The van der Waals surface area contributed by atoms with Crippen LogP contribution < -0.4 is 25.0 Å². The van der Waals surface area contributed by atoms with Crippen LogP contribution in [0, 0.1) is 0 Å². The summed E-state index contributed by atoms with van der Waals surface area (Å²) in [7, 11) is 2.98. The van der Waals surface area contributed by atoms with E-state index in [4.69, 9.17) is 33.3 Å². The standard InChI is InChI=1S/C20H22ClN3O3S/c1-26-16-6-5-7-17(27-2)18(16)19(25)23-20(28)22-13-8-9-15(14(21)12-13)24-10-3-4-11-24/h5-9,12H,3-4,10-11H2,1-2H3,(H2,22,23,25,28). The molecule has 0 spiro atoms.